The van der Waals surface area contributed by atoms with E-state index in [1.54, 1.807) is 6.26 Å². The second-order valence-corrected chi connectivity index (χ2v) is 3.92. The van der Waals surface area contributed by atoms with Crippen molar-refractivity contribution < 1.29 is 9.01 Å². The predicted molar refractivity (Wildman–Crippen MR) is 57.9 cm³/mol. The normalized spacial score (nSPS) is 30.7. The fraction of sp³-hybridized carbons (Fsp3) is 0.286. The first-order valence-electron chi connectivity index (χ1n) is 3.53. The molecule has 1 aromatic rings. The number of nitrogens with zero attached hydrogens (tertiary/aromatic N) is 1. The van der Waals surface area contributed by atoms with Gasteiger partial charge in [-0.15, -0.1) is 0 Å². The maximum atomic E-state index is 5.22. The van der Waals surface area contributed by atoms with Crippen molar-refractivity contribution in [2.45, 2.75) is 6.17 Å². The van der Waals surface area contributed by atoms with Crippen molar-refractivity contribution in [1.82, 2.24) is 5.43 Å². The molecule has 0 radical (unpaired) electrons. The van der Waals surface area contributed by atoms with Crippen molar-refractivity contribution in [3.8, 4) is 0 Å². The minimum atomic E-state index is 0. The van der Waals surface area contributed by atoms with Gasteiger partial charge in [0.25, 0.3) is 6.17 Å². The average molecular weight is 240 g/mol. The molecule has 1 aliphatic heterocycles. The first kappa shape index (κ1) is 12.2. The molecular formula is C7H9KN2OS2. The van der Waals surface area contributed by atoms with Crippen LogP contribution in [0.1, 0.15) is 11.9 Å². The van der Waals surface area contributed by atoms with E-state index in [9.17, 15) is 0 Å². The van der Waals surface area contributed by atoms with Gasteiger partial charge in [0.05, 0.1) is 17.6 Å². The molecule has 2 heterocycles. The van der Waals surface area contributed by atoms with E-state index >= 15 is 0 Å². The minimum absolute atomic E-state index is 0. The van der Waals surface area contributed by atoms with E-state index in [0.29, 0.717) is 8.91 Å². The van der Waals surface area contributed by atoms with Gasteiger partial charge in [-0.05, 0) is 12.1 Å². The van der Waals surface area contributed by atoms with E-state index in [1.807, 2.05) is 19.2 Å². The molecule has 0 amide bonds. The summed E-state index contributed by atoms with van der Waals surface area (Å²) in [5, 5.41) is 0. The Morgan fingerprint density at radius 1 is 1.77 bits per heavy atom. The number of furan rings is 1. The van der Waals surface area contributed by atoms with Crippen LogP contribution < -0.4 is 5.43 Å². The number of thiocarbonyl (C=S) groups is 1. The molecule has 2 atom stereocenters. The number of quaternary nitrogens is 1. The van der Waals surface area contributed by atoms with Gasteiger partial charge >= 0.3 is 51.4 Å². The molecule has 3 nitrogen and oxygen atoms in total. The van der Waals surface area contributed by atoms with Gasteiger partial charge in [0.15, 0.2) is 5.76 Å². The number of hydrogen-bond donors (Lipinski definition) is 1. The Balaban J connectivity index is 0.000000845. The van der Waals surface area contributed by atoms with E-state index < -0.39 is 0 Å². The van der Waals surface area contributed by atoms with Crippen molar-refractivity contribution in [3.05, 3.63) is 24.2 Å². The van der Waals surface area contributed by atoms with Gasteiger partial charge in [0.2, 0.25) is 0 Å². The third-order valence-corrected chi connectivity index (χ3v) is 2.79. The predicted octanol–water partition coefficient (Wildman–Crippen LogP) is 0.426. The monoisotopic (exact) mass is 240 g/mol. The molecule has 1 saturated heterocycles. The summed E-state index contributed by atoms with van der Waals surface area (Å²) in [4.78, 5) is 0. The van der Waals surface area contributed by atoms with Crippen molar-refractivity contribution >= 4 is 80.6 Å². The number of nitrogens with one attached hydrogen (secondary N) is 1. The molecule has 2 unspecified atom stereocenters. The summed E-state index contributed by atoms with van der Waals surface area (Å²) >= 11 is 9.86. The topological polar surface area (TPSA) is 35.1 Å². The summed E-state index contributed by atoms with van der Waals surface area (Å²) in [6, 6.07) is 3.76. The van der Waals surface area contributed by atoms with Crippen molar-refractivity contribution in [1.29, 1.82) is 0 Å². The number of rotatable bonds is 1. The van der Waals surface area contributed by atoms with Crippen LogP contribution >= 0.6 is 12.2 Å². The van der Waals surface area contributed by atoms with Gasteiger partial charge in [-0.1, -0.05) is 5.43 Å². The maximum absolute atomic E-state index is 5.22. The van der Waals surface area contributed by atoms with E-state index in [0.717, 1.165) is 5.76 Å². The second kappa shape index (κ2) is 4.34. The summed E-state index contributed by atoms with van der Waals surface area (Å²) in [5.41, 5.74) is 3.15. The molecule has 0 spiro atoms. The summed E-state index contributed by atoms with van der Waals surface area (Å²) in [5.74, 6) is 0.879. The molecule has 1 fully saturated rings. The Kier molecular flexibility index (Phi) is 4.08. The van der Waals surface area contributed by atoms with Gasteiger partial charge in [-0.2, -0.15) is 0 Å². The molecule has 2 rings (SSSR count). The van der Waals surface area contributed by atoms with Crippen LogP contribution in [-0.2, 0) is 12.6 Å². The standard InChI is InChI=1S/C7H8N2OS2.K.H/c1-9(7(11)12)6(8-9)5-3-2-4-10-5;;/h2-4,6,8H,1H3;;. The molecule has 1 aromatic heterocycles. The summed E-state index contributed by atoms with van der Waals surface area (Å²) in [7, 11) is 1.93. The number of hydrogen-bond acceptors (Lipinski definition) is 4. The Labute approximate surface area is 130 Å². The Morgan fingerprint density at radius 2 is 2.46 bits per heavy atom. The third kappa shape index (κ3) is 2.22. The van der Waals surface area contributed by atoms with E-state index in [-0.39, 0.29) is 57.6 Å². The van der Waals surface area contributed by atoms with Crippen LogP contribution in [0, 0.1) is 0 Å². The third-order valence-electron chi connectivity index (χ3n) is 2.03. The summed E-state index contributed by atoms with van der Waals surface area (Å²) < 4.78 is 6.16. The fourth-order valence-corrected chi connectivity index (χ4v) is 1.46. The van der Waals surface area contributed by atoms with Crippen LogP contribution in [0.5, 0.6) is 0 Å². The van der Waals surface area contributed by atoms with Crippen molar-refractivity contribution in [3.63, 3.8) is 0 Å². The molecule has 0 aliphatic carbocycles. The average Bonchev–Trinajstić information content (AvgIpc) is 2.49. The van der Waals surface area contributed by atoms with Crippen LogP contribution in [-0.4, -0.2) is 67.3 Å². The molecule has 0 saturated carbocycles. The van der Waals surface area contributed by atoms with E-state index in [1.165, 1.54) is 0 Å². The molecule has 13 heavy (non-hydrogen) atoms. The zero-order valence-corrected chi connectivity index (χ0v) is 8.11. The molecule has 6 heteroatoms. The summed E-state index contributed by atoms with van der Waals surface area (Å²) in [6.45, 7) is 0. The Morgan fingerprint density at radius 3 is 2.85 bits per heavy atom. The molecule has 0 aromatic carbocycles. The Bertz CT molecular complexity index is 316. The second-order valence-electron chi connectivity index (χ2n) is 2.89. The SMILES string of the molecule is C[N+]1(C(=S)[S-])NC1c1ccco1.[KH]. The molecule has 66 valence electrons. The summed E-state index contributed by atoms with van der Waals surface area (Å²) in [6.07, 6.45) is 1.76. The molecular weight excluding hydrogens is 231 g/mol. The molecule has 1 aliphatic rings. The fourth-order valence-electron chi connectivity index (χ4n) is 1.14. The zero-order chi connectivity index (χ0) is 8.77. The van der Waals surface area contributed by atoms with Crippen molar-refractivity contribution in [2.75, 3.05) is 7.05 Å². The zero-order valence-electron chi connectivity index (χ0n) is 6.48. The van der Waals surface area contributed by atoms with Crippen LogP contribution in [0.15, 0.2) is 22.8 Å². The first-order chi connectivity index (χ1) is 5.64. The van der Waals surface area contributed by atoms with E-state index in [4.69, 9.17) is 29.3 Å². The quantitative estimate of drug-likeness (QED) is 0.254. The van der Waals surface area contributed by atoms with Gasteiger partial charge < -0.3 is 29.3 Å². The van der Waals surface area contributed by atoms with Crippen LogP contribution in [0.2, 0.25) is 0 Å². The first-order valence-corrected chi connectivity index (χ1v) is 4.35. The molecule has 0 bridgehead atoms. The van der Waals surface area contributed by atoms with Crippen LogP contribution in [0.25, 0.3) is 0 Å². The Hall–Kier alpha value is 1.15. The van der Waals surface area contributed by atoms with Crippen LogP contribution in [0.3, 0.4) is 0 Å². The van der Waals surface area contributed by atoms with Crippen molar-refractivity contribution in [2.24, 2.45) is 0 Å². The van der Waals surface area contributed by atoms with E-state index in [2.05, 4.69) is 5.43 Å². The van der Waals surface area contributed by atoms with Crippen LogP contribution in [0.4, 0.5) is 0 Å². The van der Waals surface area contributed by atoms with Gasteiger partial charge in [0.1, 0.15) is 0 Å². The van der Waals surface area contributed by atoms with Gasteiger partial charge in [0, 0.05) is 0 Å². The molecule has 1 N–H and O–H groups in total. The van der Waals surface area contributed by atoms with Gasteiger partial charge in [-0.25, -0.2) is 4.59 Å². The van der Waals surface area contributed by atoms with Gasteiger partial charge in [-0.3, -0.25) is 0 Å².